The molecule has 1 heterocycles. The van der Waals surface area contributed by atoms with Gasteiger partial charge in [-0.3, -0.25) is 4.90 Å². The fourth-order valence-corrected chi connectivity index (χ4v) is 1.97. The van der Waals surface area contributed by atoms with Crippen LogP contribution in [0.5, 0.6) is 0 Å². The molecule has 0 unspecified atom stereocenters. The molecule has 0 atom stereocenters. The number of carbonyl (C=O) groups is 1. The van der Waals surface area contributed by atoms with Crippen LogP contribution in [-0.4, -0.2) is 49.1 Å². The van der Waals surface area contributed by atoms with E-state index in [0.717, 1.165) is 17.8 Å². The third-order valence-corrected chi connectivity index (χ3v) is 2.86. The van der Waals surface area contributed by atoms with E-state index in [-0.39, 0.29) is 6.03 Å². The van der Waals surface area contributed by atoms with Gasteiger partial charge in [0.05, 0.1) is 0 Å². The van der Waals surface area contributed by atoms with Crippen molar-refractivity contribution in [3.05, 3.63) is 23.4 Å². The minimum absolute atomic E-state index is 0.0481. The second kappa shape index (κ2) is 7.24. The van der Waals surface area contributed by atoms with Gasteiger partial charge in [-0.2, -0.15) is 0 Å². The molecule has 5 nitrogen and oxygen atoms in total. The normalized spacial score (nSPS) is 10.8. The maximum absolute atomic E-state index is 12.3. The van der Waals surface area contributed by atoms with Crippen molar-refractivity contribution in [3.8, 4) is 0 Å². The molecule has 0 saturated heterocycles. The molecular weight excluding hydrogens is 252 g/mol. The lowest BCUT2D eigenvalue weighted by Crippen LogP contribution is -2.44. The summed E-state index contributed by atoms with van der Waals surface area (Å²) in [7, 11) is 3.52. The van der Waals surface area contributed by atoms with Crippen molar-refractivity contribution in [2.45, 2.75) is 33.7 Å². The van der Waals surface area contributed by atoms with Crippen LogP contribution in [0.25, 0.3) is 0 Å². The van der Waals surface area contributed by atoms with Crippen LogP contribution in [0.2, 0.25) is 0 Å². The first-order chi connectivity index (χ1) is 9.31. The molecule has 1 N–H and O–H groups in total. The summed E-state index contributed by atoms with van der Waals surface area (Å²) in [4.78, 5) is 20.1. The number of carbonyl (C=O) groups excluding carboxylic acids is 1. The number of nitrogens with zero attached hydrogens (tertiary/aromatic N) is 3. The Hall–Kier alpha value is -1.62. The van der Waals surface area contributed by atoms with E-state index >= 15 is 0 Å². The number of urea groups is 1. The minimum atomic E-state index is -0.0481. The Morgan fingerprint density at radius 2 is 1.95 bits per heavy atom. The lowest BCUT2D eigenvalue weighted by Gasteiger charge is -2.26. The minimum Gasteiger partial charge on any atom is -0.330 e. The molecule has 0 aliphatic rings. The molecule has 0 bridgehead atoms. The van der Waals surface area contributed by atoms with E-state index < -0.39 is 0 Å². The molecule has 5 heteroatoms. The number of hydrogen-bond acceptors (Lipinski definition) is 3. The number of amides is 2. The lowest BCUT2D eigenvalue weighted by atomic mass is 10.2. The average Bonchev–Trinajstić information content (AvgIpc) is 2.32. The number of aryl methyl sites for hydroxylation is 2. The van der Waals surface area contributed by atoms with E-state index in [4.69, 9.17) is 0 Å². The third kappa shape index (κ3) is 4.81. The van der Waals surface area contributed by atoms with Crippen LogP contribution in [0.4, 0.5) is 10.6 Å². The molecule has 0 aliphatic heterocycles. The Bertz CT molecular complexity index is 437. The van der Waals surface area contributed by atoms with Crippen molar-refractivity contribution in [2.24, 2.45) is 0 Å². The number of pyridine rings is 1. The second-order valence-corrected chi connectivity index (χ2v) is 5.58. The van der Waals surface area contributed by atoms with Crippen molar-refractivity contribution < 1.29 is 4.79 Å². The van der Waals surface area contributed by atoms with Crippen LogP contribution in [0.3, 0.4) is 0 Å². The topological polar surface area (TPSA) is 48.5 Å². The van der Waals surface area contributed by atoms with Gasteiger partial charge in [-0.15, -0.1) is 0 Å². The average molecular weight is 278 g/mol. The van der Waals surface area contributed by atoms with Crippen molar-refractivity contribution in [1.82, 2.24) is 15.2 Å². The van der Waals surface area contributed by atoms with E-state index in [0.29, 0.717) is 18.4 Å². The molecule has 112 valence electrons. The maximum atomic E-state index is 12.3. The van der Waals surface area contributed by atoms with Crippen molar-refractivity contribution in [1.29, 1.82) is 0 Å². The quantitative estimate of drug-likeness (QED) is 0.898. The number of rotatable bonds is 5. The first-order valence-electron chi connectivity index (χ1n) is 6.98. The molecule has 0 fully saturated rings. The summed E-state index contributed by atoms with van der Waals surface area (Å²) in [6.45, 7) is 9.49. The molecule has 0 radical (unpaired) electrons. The van der Waals surface area contributed by atoms with E-state index in [1.165, 1.54) is 0 Å². The monoisotopic (exact) mass is 278 g/mol. The number of hydrogen-bond donors (Lipinski definition) is 1. The Morgan fingerprint density at radius 1 is 1.30 bits per heavy atom. The van der Waals surface area contributed by atoms with Crippen molar-refractivity contribution in [2.75, 3.05) is 32.1 Å². The standard InChI is InChI=1S/C15H26N4O/c1-11(2)16-7-8-19(15(20)18(5)6)14-10-12(3)9-13(4)17-14/h9-11,16H,7-8H2,1-6H3. The van der Waals surface area contributed by atoms with Gasteiger partial charge < -0.3 is 10.2 Å². The molecule has 20 heavy (non-hydrogen) atoms. The molecule has 1 aromatic rings. The van der Waals surface area contributed by atoms with Gasteiger partial charge in [0, 0.05) is 38.9 Å². The van der Waals surface area contributed by atoms with Crippen molar-refractivity contribution >= 4 is 11.8 Å². The van der Waals surface area contributed by atoms with Crippen LogP contribution >= 0.6 is 0 Å². The highest BCUT2D eigenvalue weighted by Gasteiger charge is 2.19. The van der Waals surface area contributed by atoms with Crippen LogP contribution < -0.4 is 10.2 Å². The van der Waals surface area contributed by atoms with Gasteiger partial charge in [-0.05, 0) is 31.5 Å². The Kier molecular flexibility index (Phi) is 5.95. The van der Waals surface area contributed by atoms with Crippen LogP contribution in [-0.2, 0) is 0 Å². The molecular formula is C15H26N4O. The van der Waals surface area contributed by atoms with E-state index in [2.05, 4.69) is 24.1 Å². The molecule has 0 aromatic carbocycles. The first kappa shape index (κ1) is 16.4. The summed E-state index contributed by atoms with van der Waals surface area (Å²) >= 11 is 0. The Labute approximate surface area is 122 Å². The molecule has 0 saturated carbocycles. The van der Waals surface area contributed by atoms with Gasteiger partial charge in [0.15, 0.2) is 0 Å². The zero-order valence-electron chi connectivity index (χ0n) is 13.4. The summed E-state index contributed by atoms with van der Waals surface area (Å²) < 4.78 is 0. The first-order valence-corrected chi connectivity index (χ1v) is 6.98. The number of anilines is 1. The van der Waals surface area contributed by atoms with Crippen molar-refractivity contribution in [3.63, 3.8) is 0 Å². The molecule has 0 aliphatic carbocycles. The Balaban J connectivity index is 2.94. The highest BCUT2D eigenvalue weighted by molar-refractivity contribution is 5.90. The maximum Gasteiger partial charge on any atom is 0.325 e. The van der Waals surface area contributed by atoms with Crippen LogP contribution in [0.1, 0.15) is 25.1 Å². The number of nitrogens with one attached hydrogen (secondary N) is 1. The molecule has 0 spiro atoms. The lowest BCUT2D eigenvalue weighted by molar-refractivity contribution is 0.223. The highest BCUT2D eigenvalue weighted by Crippen LogP contribution is 2.15. The zero-order chi connectivity index (χ0) is 15.3. The Morgan fingerprint density at radius 3 is 2.45 bits per heavy atom. The fourth-order valence-electron chi connectivity index (χ4n) is 1.97. The van der Waals surface area contributed by atoms with Gasteiger partial charge in [-0.1, -0.05) is 13.8 Å². The van der Waals surface area contributed by atoms with Gasteiger partial charge in [-0.25, -0.2) is 9.78 Å². The van der Waals surface area contributed by atoms with Gasteiger partial charge in [0.1, 0.15) is 5.82 Å². The SMILES string of the molecule is Cc1cc(C)nc(N(CCNC(C)C)C(=O)N(C)C)c1. The fraction of sp³-hybridized carbons (Fsp3) is 0.600. The smallest absolute Gasteiger partial charge is 0.325 e. The van der Waals surface area contributed by atoms with E-state index in [1.54, 1.807) is 23.9 Å². The summed E-state index contributed by atoms with van der Waals surface area (Å²) in [6.07, 6.45) is 0. The van der Waals surface area contributed by atoms with Crippen LogP contribution in [0.15, 0.2) is 12.1 Å². The summed E-state index contributed by atoms with van der Waals surface area (Å²) in [6, 6.07) is 4.31. The largest absolute Gasteiger partial charge is 0.330 e. The van der Waals surface area contributed by atoms with E-state index in [9.17, 15) is 4.79 Å². The molecule has 1 aromatic heterocycles. The summed E-state index contributed by atoms with van der Waals surface area (Å²) in [5.41, 5.74) is 2.04. The van der Waals surface area contributed by atoms with Gasteiger partial charge in [0.2, 0.25) is 0 Å². The third-order valence-electron chi connectivity index (χ3n) is 2.86. The predicted molar refractivity (Wildman–Crippen MR) is 83.3 cm³/mol. The van der Waals surface area contributed by atoms with E-state index in [1.807, 2.05) is 26.0 Å². The molecule has 2 amide bonds. The summed E-state index contributed by atoms with van der Waals surface area (Å²) in [5.74, 6) is 0.715. The zero-order valence-corrected chi connectivity index (χ0v) is 13.4. The van der Waals surface area contributed by atoms with Gasteiger partial charge >= 0.3 is 6.03 Å². The predicted octanol–water partition coefficient (Wildman–Crippen LogP) is 2.18. The van der Waals surface area contributed by atoms with Crippen LogP contribution in [0, 0.1) is 13.8 Å². The highest BCUT2D eigenvalue weighted by atomic mass is 16.2. The second-order valence-electron chi connectivity index (χ2n) is 5.58. The summed E-state index contributed by atoms with van der Waals surface area (Å²) in [5, 5.41) is 3.33. The van der Waals surface area contributed by atoms with Gasteiger partial charge in [0.25, 0.3) is 0 Å². The number of aromatic nitrogens is 1. The molecule has 1 rings (SSSR count).